The van der Waals surface area contributed by atoms with Crippen LogP contribution >= 0.6 is 0 Å². The zero-order chi connectivity index (χ0) is 13.8. The number of fused-ring (bicyclic) bond motifs is 1. The van der Waals surface area contributed by atoms with E-state index in [2.05, 4.69) is 10.0 Å². The first kappa shape index (κ1) is 13.7. The maximum atomic E-state index is 9.32. The second kappa shape index (κ2) is 5.93. The van der Waals surface area contributed by atoms with Gasteiger partial charge in [0.25, 0.3) is 0 Å². The summed E-state index contributed by atoms with van der Waals surface area (Å²) in [5.41, 5.74) is 11.6. The molecule has 1 heterocycles. The van der Waals surface area contributed by atoms with Gasteiger partial charge in [-0.3, -0.25) is 0 Å². The highest BCUT2D eigenvalue weighted by molar-refractivity contribution is 5.47. The van der Waals surface area contributed by atoms with E-state index in [1.807, 2.05) is 19.1 Å². The summed E-state index contributed by atoms with van der Waals surface area (Å²) in [5.74, 6) is 0.785. The lowest BCUT2D eigenvalue weighted by atomic mass is 9.90. The molecule has 6 heteroatoms. The molecule has 1 aliphatic rings. The minimum atomic E-state index is -0.327. The van der Waals surface area contributed by atoms with Crippen LogP contribution in [0.25, 0.3) is 10.4 Å². The Balaban J connectivity index is 2.48. The Morgan fingerprint density at radius 1 is 1.58 bits per heavy atom. The van der Waals surface area contributed by atoms with Gasteiger partial charge in [-0.25, -0.2) is 0 Å². The van der Waals surface area contributed by atoms with Gasteiger partial charge in [0, 0.05) is 16.9 Å². The largest absolute Gasteiger partial charge is 0.496 e. The zero-order valence-electron chi connectivity index (χ0n) is 11.0. The number of aliphatic hydroxyl groups excluding tert-OH is 1. The number of ether oxygens (including phenoxy) is 2. The van der Waals surface area contributed by atoms with E-state index in [0.717, 1.165) is 22.4 Å². The molecule has 1 aromatic rings. The van der Waals surface area contributed by atoms with Crippen LogP contribution in [-0.4, -0.2) is 31.5 Å². The third kappa shape index (κ3) is 2.66. The monoisotopic (exact) mass is 263 g/mol. The second-order valence-corrected chi connectivity index (χ2v) is 4.52. The number of aliphatic hydroxyl groups is 1. The summed E-state index contributed by atoms with van der Waals surface area (Å²) in [7, 11) is 1.62. The van der Waals surface area contributed by atoms with Crippen molar-refractivity contribution in [2.24, 2.45) is 5.11 Å². The van der Waals surface area contributed by atoms with Crippen molar-refractivity contribution in [2.45, 2.75) is 25.6 Å². The predicted octanol–water partition coefficient (Wildman–Crippen LogP) is 2.29. The maximum absolute atomic E-state index is 9.32. The molecule has 0 saturated carbocycles. The minimum absolute atomic E-state index is 0.0662. The Bertz CT molecular complexity index is 512. The molecule has 6 nitrogen and oxygen atoms in total. The van der Waals surface area contributed by atoms with Crippen LogP contribution in [0.1, 0.15) is 22.8 Å². The Labute approximate surface area is 111 Å². The van der Waals surface area contributed by atoms with Gasteiger partial charge in [-0.1, -0.05) is 11.2 Å². The van der Waals surface area contributed by atoms with Crippen LogP contribution in [0.5, 0.6) is 5.75 Å². The van der Waals surface area contributed by atoms with Crippen LogP contribution in [0.3, 0.4) is 0 Å². The SMILES string of the molecule is COc1ccc(C)c2c1C[C@@H](CO)O[C@H]2CN=[N+]=[N-]. The van der Waals surface area contributed by atoms with E-state index in [1.54, 1.807) is 7.11 Å². The number of methoxy groups -OCH3 is 1. The molecule has 102 valence electrons. The van der Waals surface area contributed by atoms with Crippen LogP contribution in [0, 0.1) is 6.92 Å². The van der Waals surface area contributed by atoms with Gasteiger partial charge < -0.3 is 14.6 Å². The standard InChI is InChI=1S/C13H17N3O3/c1-8-3-4-11(18-2)10-5-9(7-17)19-12(13(8)10)6-15-16-14/h3-4,9,12,17H,5-7H2,1-2H3/t9-,12-/m0/s1. The van der Waals surface area contributed by atoms with Crippen LogP contribution < -0.4 is 4.74 Å². The van der Waals surface area contributed by atoms with E-state index in [-0.39, 0.29) is 25.4 Å². The molecule has 1 aromatic carbocycles. The molecule has 0 aliphatic carbocycles. The van der Waals surface area contributed by atoms with Crippen molar-refractivity contribution in [2.75, 3.05) is 20.3 Å². The van der Waals surface area contributed by atoms with Crippen molar-refractivity contribution in [1.82, 2.24) is 0 Å². The molecular formula is C13H17N3O3. The fraction of sp³-hybridized carbons (Fsp3) is 0.538. The number of aryl methyl sites for hydroxylation is 1. The molecule has 0 spiro atoms. The number of hydrogen-bond acceptors (Lipinski definition) is 4. The first-order valence-corrected chi connectivity index (χ1v) is 6.14. The fourth-order valence-corrected chi connectivity index (χ4v) is 2.54. The first-order valence-electron chi connectivity index (χ1n) is 6.14. The molecule has 1 aliphatic heterocycles. The van der Waals surface area contributed by atoms with E-state index >= 15 is 0 Å². The number of rotatable bonds is 4. The van der Waals surface area contributed by atoms with Crippen molar-refractivity contribution >= 4 is 0 Å². The highest BCUT2D eigenvalue weighted by atomic mass is 16.5. The topological polar surface area (TPSA) is 87.5 Å². The molecule has 0 aromatic heterocycles. The lowest BCUT2D eigenvalue weighted by Gasteiger charge is -2.33. The van der Waals surface area contributed by atoms with Crippen molar-refractivity contribution in [3.8, 4) is 5.75 Å². The highest BCUT2D eigenvalue weighted by Gasteiger charge is 2.30. The van der Waals surface area contributed by atoms with Crippen LogP contribution in [0.15, 0.2) is 17.2 Å². The number of benzene rings is 1. The van der Waals surface area contributed by atoms with Crippen molar-refractivity contribution in [3.63, 3.8) is 0 Å². The van der Waals surface area contributed by atoms with E-state index in [1.165, 1.54) is 0 Å². The van der Waals surface area contributed by atoms with Gasteiger partial charge >= 0.3 is 0 Å². The summed E-state index contributed by atoms with van der Waals surface area (Å²) in [4.78, 5) is 2.78. The van der Waals surface area contributed by atoms with Gasteiger partial charge in [0.1, 0.15) is 5.75 Å². The Morgan fingerprint density at radius 2 is 2.37 bits per heavy atom. The molecule has 2 rings (SSSR count). The van der Waals surface area contributed by atoms with E-state index in [0.29, 0.717) is 6.42 Å². The quantitative estimate of drug-likeness (QED) is 0.513. The molecule has 2 atom stereocenters. The van der Waals surface area contributed by atoms with Gasteiger partial charge in [-0.15, -0.1) is 0 Å². The van der Waals surface area contributed by atoms with Crippen molar-refractivity contribution < 1.29 is 14.6 Å². The molecule has 0 unspecified atom stereocenters. The van der Waals surface area contributed by atoms with Crippen LogP contribution in [0.4, 0.5) is 0 Å². The normalized spacial score (nSPS) is 21.4. The minimum Gasteiger partial charge on any atom is -0.496 e. The van der Waals surface area contributed by atoms with Crippen LogP contribution in [-0.2, 0) is 11.2 Å². The summed E-state index contributed by atoms with van der Waals surface area (Å²) in [6.07, 6.45) is -0.0160. The molecule has 0 saturated heterocycles. The third-order valence-electron chi connectivity index (χ3n) is 3.38. The second-order valence-electron chi connectivity index (χ2n) is 4.52. The van der Waals surface area contributed by atoms with Gasteiger partial charge in [0.2, 0.25) is 0 Å². The van der Waals surface area contributed by atoms with E-state index < -0.39 is 0 Å². The van der Waals surface area contributed by atoms with Gasteiger partial charge in [-0.05, 0) is 29.6 Å². The molecule has 0 bridgehead atoms. The molecular weight excluding hydrogens is 246 g/mol. The van der Waals surface area contributed by atoms with Gasteiger partial charge in [0.15, 0.2) is 0 Å². The fourth-order valence-electron chi connectivity index (χ4n) is 2.54. The Kier molecular flexibility index (Phi) is 4.27. The highest BCUT2D eigenvalue weighted by Crippen LogP contribution is 2.38. The average Bonchev–Trinajstić information content (AvgIpc) is 2.44. The smallest absolute Gasteiger partial charge is 0.122 e. The molecule has 0 amide bonds. The Hall–Kier alpha value is -1.75. The van der Waals surface area contributed by atoms with E-state index in [4.69, 9.17) is 15.0 Å². The average molecular weight is 263 g/mol. The predicted molar refractivity (Wildman–Crippen MR) is 70.1 cm³/mol. The number of azide groups is 1. The Morgan fingerprint density at radius 3 is 3.00 bits per heavy atom. The summed E-state index contributed by atoms with van der Waals surface area (Å²) < 4.78 is 11.1. The summed E-state index contributed by atoms with van der Waals surface area (Å²) in [6, 6.07) is 3.88. The van der Waals surface area contributed by atoms with Crippen molar-refractivity contribution in [3.05, 3.63) is 39.3 Å². The summed E-state index contributed by atoms with van der Waals surface area (Å²) >= 11 is 0. The summed E-state index contributed by atoms with van der Waals surface area (Å²) in [5, 5.41) is 12.9. The number of hydrogen-bond donors (Lipinski definition) is 1. The molecule has 1 N–H and O–H groups in total. The molecule has 0 fully saturated rings. The number of nitrogens with zero attached hydrogens (tertiary/aromatic N) is 3. The van der Waals surface area contributed by atoms with Crippen LogP contribution in [0.2, 0.25) is 0 Å². The van der Waals surface area contributed by atoms with Gasteiger partial charge in [-0.2, -0.15) is 0 Å². The lowest BCUT2D eigenvalue weighted by molar-refractivity contribution is -0.0474. The third-order valence-corrected chi connectivity index (χ3v) is 3.38. The van der Waals surface area contributed by atoms with E-state index in [9.17, 15) is 5.11 Å². The molecule has 19 heavy (non-hydrogen) atoms. The van der Waals surface area contributed by atoms with Crippen molar-refractivity contribution in [1.29, 1.82) is 0 Å². The zero-order valence-corrected chi connectivity index (χ0v) is 11.0. The summed E-state index contributed by atoms with van der Waals surface area (Å²) in [6.45, 7) is 2.14. The van der Waals surface area contributed by atoms with Gasteiger partial charge in [0.05, 0.1) is 32.5 Å². The maximum Gasteiger partial charge on any atom is 0.122 e. The lowest BCUT2D eigenvalue weighted by Crippen LogP contribution is -2.31. The first-order chi connectivity index (χ1) is 9.21. The molecule has 0 radical (unpaired) electrons.